The van der Waals surface area contributed by atoms with E-state index in [1.54, 1.807) is 0 Å². The van der Waals surface area contributed by atoms with Crippen LogP contribution >= 0.6 is 0 Å². The van der Waals surface area contributed by atoms with Gasteiger partial charge in [-0.2, -0.15) is 0 Å². The van der Waals surface area contributed by atoms with Gasteiger partial charge in [-0.1, -0.05) is 19.3 Å². The molecule has 1 amide bonds. The summed E-state index contributed by atoms with van der Waals surface area (Å²) in [6.07, 6.45) is 7.55. The maximum Gasteiger partial charge on any atom is 0.303 e. The number of hydrogen-bond acceptors (Lipinski definition) is 3. The molecule has 5 heteroatoms. The van der Waals surface area contributed by atoms with Crippen LogP contribution in [0.1, 0.15) is 51.4 Å². The van der Waals surface area contributed by atoms with Crippen molar-refractivity contribution in [2.75, 3.05) is 13.1 Å². The van der Waals surface area contributed by atoms with Crippen molar-refractivity contribution in [2.24, 2.45) is 11.8 Å². The quantitative estimate of drug-likeness (QED) is 0.590. The van der Waals surface area contributed by atoms with E-state index in [9.17, 15) is 9.59 Å². The fourth-order valence-electron chi connectivity index (χ4n) is 3.55. The molecule has 0 spiro atoms. The van der Waals surface area contributed by atoms with Gasteiger partial charge in [-0.05, 0) is 44.1 Å². The number of unbranched alkanes of at least 4 members (excludes halogenated alkanes) is 3. The first-order valence-corrected chi connectivity index (χ1v) is 7.91. The smallest absolute Gasteiger partial charge is 0.303 e. The van der Waals surface area contributed by atoms with Crippen molar-refractivity contribution in [2.45, 2.75) is 57.4 Å². The van der Waals surface area contributed by atoms with E-state index in [0.29, 0.717) is 18.4 Å². The number of amides is 1. The van der Waals surface area contributed by atoms with Crippen LogP contribution in [-0.4, -0.2) is 36.1 Å². The summed E-state index contributed by atoms with van der Waals surface area (Å²) < 4.78 is 0. The fraction of sp³-hybridized carbons (Fsp3) is 0.867. The van der Waals surface area contributed by atoms with E-state index in [4.69, 9.17) is 5.11 Å². The zero-order chi connectivity index (χ0) is 14.4. The monoisotopic (exact) mass is 282 g/mol. The van der Waals surface area contributed by atoms with Crippen molar-refractivity contribution in [3.8, 4) is 0 Å². The number of aliphatic carboxylic acids is 1. The molecular weight excluding hydrogens is 256 g/mol. The van der Waals surface area contributed by atoms with E-state index >= 15 is 0 Å². The summed E-state index contributed by atoms with van der Waals surface area (Å²) in [7, 11) is 0. The number of nitrogens with one attached hydrogen (secondary N) is 2. The highest BCUT2D eigenvalue weighted by Gasteiger charge is 2.42. The Balaban J connectivity index is 1.53. The van der Waals surface area contributed by atoms with E-state index in [2.05, 4.69) is 10.6 Å². The molecule has 2 fully saturated rings. The van der Waals surface area contributed by atoms with E-state index in [-0.39, 0.29) is 18.4 Å². The second-order valence-corrected chi connectivity index (χ2v) is 6.09. The summed E-state index contributed by atoms with van der Waals surface area (Å²) in [5.74, 6) is 0.689. The lowest BCUT2D eigenvalue weighted by Gasteiger charge is -2.17. The first-order chi connectivity index (χ1) is 9.68. The van der Waals surface area contributed by atoms with Crippen LogP contribution < -0.4 is 10.6 Å². The van der Waals surface area contributed by atoms with Crippen molar-refractivity contribution in [3.05, 3.63) is 0 Å². The molecule has 1 aliphatic heterocycles. The van der Waals surface area contributed by atoms with Crippen molar-refractivity contribution in [3.63, 3.8) is 0 Å². The fourth-order valence-corrected chi connectivity index (χ4v) is 3.55. The van der Waals surface area contributed by atoms with Gasteiger partial charge in [0.05, 0.1) is 6.04 Å². The van der Waals surface area contributed by atoms with Gasteiger partial charge in [0.15, 0.2) is 0 Å². The van der Waals surface area contributed by atoms with E-state index in [0.717, 1.165) is 32.2 Å². The Bertz CT molecular complexity index is 346. The van der Waals surface area contributed by atoms with Gasteiger partial charge in [-0.3, -0.25) is 9.59 Å². The minimum atomic E-state index is -0.725. The molecule has 114 valence electrons. The highest BCUT2D eigenvalue weighted by atomic mass is 16.4. The van der Waals surface area contributed by atoms with Gasteiger partial charge in [0.2, 0.25) is 5.91 Å². The minimum absolute atomic E-state index is 0.0227. The predicted octanol–water partition coefficient (Wildman–Crippen LogP) is 1.53. The molecule has 1 saturated heterocycles. The molecule has 2 rings (SSSR count). The minimum Gasteiger partial charge on any atom is -0.481 e. The predicted molar refractivity (Wildman–Crippen MR) is 76.4 cm³/mol. The molecule has 1 aliphatic carbocycles. The number of rotatable bonds is 8. The molecule has 2 aliphatic rings. The van der Waals surface area contributed by atoms with Crippen LogP contribution in [0.25, 0.3) is 0 Å². The zero-order valence-electron chi connectivity index (χ0n) is 12.1. The Hall–Kier alpha value is -1.10. The van der Waals surface area contributed by atoms with E-state index in [1.807, 2.05) is 0 Å². The van der Waals surface area contributed by atoms with Crippen LogP contribution in [0.15, 0.2) is 0 Å². The van der Waals surface area contributed by atoms with Crippen LogP contribution in [0, 0.1) is 11.8 Å². The highest BCUT2D eigenvalue weighted by Crippen LogP contribution is 2.37. The number of carbonyl (C=O) groups excluding carboxylic acids is 1. The standard InChI is InChI=1S/C15H26N2O3/c18-13(19)8-3-1-2-4-9-16-15(20)14-12-7-5-6-11(12)10-17-14/h11-12,14,17H,1-10H2,(H,16,20)(H,18,19). The second-order valence-electron chi connectivity index (χ2n) is 6.09. The summed E-state index contributed by atoms with van der Waals surface area (Å²) in [5.41, 5.74) is 0. The molecular formula is C15H26N2O3. The molecule has 3 atom stereocenters. The van der Waals surface area contributed by atoms with Crippen LogP contribution in [0.5, 0.6) is 0 Å². The molecule has 20 heavy (non-hydrogen) atoms. The Kier molecular flexibility index (Phi) is 5.83. The van der Waals surface area contributed by atoms with Gasteiger partial charge in [0.25, 0.3) is 0 Å². The number of carbonyl (C=O) groups is 2. The summed E-state index contributed by atoms with van der Waals surface area (Å²) in [5, 5.41) is 14.9. The number of carboxylic acids is 1. The molecule has 3 N–H and O–H groups in total. The molecule has 3 unspecified atom stereocenters. The lowest BCUT2D eigenvalue weighted by Crippen LogP contribution is -2.44. The van der Waals surface area contributed by atoms with Gasteiger partial charge >= 0.3 is 5.97 Å². The van der Waals surface area contributed by atoms with Gasteiger partial charge in [-0.25, -0.2) is 0 Å². The topological polar surface area (TPSA) is 78.4 Å². The van der Waals surface area contributed by atoms with Gasteiger partial charge in [0, 0.05) is 13.0 Å². The summed E-state index contributed by atoms with van der Waals surface area (Å²) in [6.45, 7) is 1.71. The highest BCUT2D eigenvalue weighted by molar-refractivity contribution is 5.82. The van der Waals surface area contributed by atoms with Crippen molar-refractivity contribution in [1.29, 1.82) is 0 Å². The molecule has 0 aromatic rings. The van der Waals surface area contributed by atoms with Gasteiger partial charge < -0.3 is 15.7 Å². The summed E-state index contributed by atoms with van der Waals surface area (Å²) >= 11 is 0. The Morgan fingerprint density at radius 1 is 1.15 bits per heavy atom. The van der Waals surface area contributed by atoms with Crippen molar-refractivity contribution in [1.82, 2.24) is 10.6 Å². The molecule has 0 bridgehead atoms. The maximum atomic E-state index is 12.1. The lowest BCUT2D eigenvalue weighted by atomic mass is 9.93. The third kappa shape index (κ3) is 4.20. The van der Waals surface area contributed by atoms with E-state index in [1.165, 1.54) is 19.3 Å². The number of fused-ring (bicyclic) bond motifs is 1. The Morgan fingerprint density at radius 2 is 1.95 bits per heavy atom. The van der Waals surface area contributed by atoms with Crippen molar-refractivity contribution >= 4 is 11.9 Å². The average Bonchev–Trinajstić information content (AvgIpc) is 2.99. The van der Waals surface area contributed by atoms with Crippen LogP contribution in [-0.2, 0) is 9.59 Å². The number of carboxylic acid groups (broad SMARTS) is 1. The zero-order valence-corrected chi connectivity index (χ0v) is 12.1. The first-order valence-electron chi connectivity index (χ1n) is 7.91. The first kappa shape index (κ1) is 15.3. The molecule has 5 nitrogen and oxygen atoms in total. The van der Waals surface area contributed by atoms with Crippen LogP contribution in [0.3, 0.4) is 0 Å². The van der Waals surface area contributed by atoms with Crippen LogP contribution in [0.2, 0.25) is 0 Å². The molecule has 0 aromatic heterocycles. The molecule has 1 heterocycles. The Morgan fingerprint density at radius 3 is 2.75 bits per heavy atom. The van der Waals surface area contributed by atoms with Crippen LogP contribution in [0.4, 0.5) is 0 Å². The molecule has 0 aromatic carbocycles. The summed E-state index contributed by atoms with van der Waals surface area (Å²) in [4.78, 5) is 22.5. The largest absolute Gasteiger partial charge is 0.481 e. The third-order valence-electron chi connectivity index (χ3n) is 4.65. The lowest BCUT2D eigenvalue weighted by molar-refractivity contribution is -0.137. The maximum absolute atomic E-state index is 12.1. The molecule has 1 saturated carbocycles. The summed E-state index contributed by atoms with van der Waals surface area (Å²) in [6, 6.07) is 0.0227. The molecule has 0 radical (unpaired) electrons. The normalized spacial score (nSPS) is 28.3. The van der Waals surface area contributed by atoms with E-state index < -0.39 is 5.97 Å². The SMILES string of the molecule is O=C(O)CCCCCCNC(=O)C1NCC2CCCC21. The second kappa shape index (κ2) is 7.62. The Labute approximate surface area is 120 Å². The number of hydrogen-bond donors (Lipinski definition) is 3. The van der Waals surface area contributed by atoms with Gasteiger partial charge in [0.1, 0.15) is 0 Å². The van der Waals surface area contributed by atoms with Crippen molar-refractivity contribution < 1.29 is 14.7 Å². The third-order valence-corrected chi connectivity index (χ3v) is 4.65. The average molecular weight is 282 g/mol. The van der Waals surface area contributed by atoms with Gasteiger partial charge in [-0.15, -0.1) is 0 Å².